The first-order valence-electron chi connectivity index (χ1n) is 6.14. The number of aryl methyl sites for hydroxylation is 1. The van der Waals surface area contributed by atoms with Crippen LogP contribution in [0.25, 0.3) is 0 Å². The fourth-order valence-corrected chi connectivity index (χ4v) is 2.27. The van der Waals surface area contributed by atoms with Gasteiger partial charge in [-0.3, -0.25) is 4.98 Å². The van der Waals surface area contributed by atoms with E-state index in [4.69, 9.17) is 0 Å². The molecule has 0 spiro atoms. The van der Waals surface area contributed by atoms with E-state index < -0.39 is 0 Å². The predicted molar refractivity (Wildman–Crippen MR) is 78.6 cm³/mol. The number of hydrogen-bond donors (Lipinski definition) is 1. The second kappa shape index (κ2) is 6.26. The summed E-state index contributed by atoms with van der Waals surface area (Å²) in [5.41, 5.74) is 2.68. The van der Waals surface area contributed by atoms with Gasteiger partial charge >= 0.3 is 0 Å². The summed E-state index contributed by atoms with van der Waals surface area (Å²) < 4.78 is 14.8. The lowest BCUT2D eigenvalue weighted by atomic mass is 9.99. The molecule has 1 unspecified atom stereocenters. The molecule has 0 aliphatic heterocycles. The fraction of sp³-hybridized carbons (Fsp3) is 0.267. The molecular weight excluding hydrogens is 307 g/mol. The lowest BCUT2D eigenvalue weighted by Crippen LogP contribution is -2.20. The van der Waals surface area contributed by atoms with Crippen molar-refractivity contribution in [1.82, 2.24) is 10.3 Å². The van der Waals surface area contributed by atoms with Crippen LogP contribution < -0.4 is 5.32 Å². The van der Waals surface area contributed by atoms with Crippen LogP contribution in [0.1, 0.15) is 22.9 Å². The Balaban J connectivity index is 2.24. The van der Waals surface area contributed by atoms with Gasteiger partial charge in [-0.2, -0.15) is 0 Å². The van der Waals surface area contributed by atoms with Crippen molar-refractivity contribution in [2.75, 3.05) is 7.05 Å². The van der Waals surface area contributed by atoms with Crippen LogP contribution in [0.4, 0.5) is 4.39 Å². The lowest BCUT2D eigenvalue weighted by Gasteiger charge is -2.17. The summed E-state index contributed by atoms with van der Waals surface area (Å²) in [6.45, 7) is 1.97. The van der Waals surface area contributed by atoms with Crippen LogP contribution in [0.5, 0.6) is 0 Å². The lowest BCUT2D eigenvalue weighted by molar-refractivity contribution is 0.529. The van der Waals surface area contributed by atoms with Crippen molar-refractivity contribution in [3.63, 3.8) is 0 Å². The molecule has 0 amide bonds. The van der Waals surface area contributed by atoms with Gasteiger partial charge in [0, 0.05) is 34.4 Å². The van der Waals surface area contributed by atoms with Crippen molar-refractivity contribution in [2.45, 2.75) is 19.4 Å². The number of hydrogen-bond acceptors (Lipinski definition) is 2. The number of nitrogens with one attached hydrogen (secondary N) is 1. The van der Waals surface area contributed by atoms with Crippen LogP contribution in [-0.4, -0.2) is 12.0 Å². The van der Waals surface area contributed by atoms with E-state index in [9.17, 15) is 4.39 Å². The van der Waals surface area contributed by atoms with Crippen LogP contribution in [-0.2, 0) is 6.42 Å². The van der Waals surface area contributed by atoms with Gasteiger partial charge in [-0.15, -0.1) is 0 Å². The molecule has 0 fully saturated rings. The Bertz CT molecular complexity index is 555. The molecule has 1 atom stereocenters. The largest absolute Gasteiger partial charge is 0.313 e. The molecule has 0 saturated carbocycles. The maximum atomic E-state index is 13.9. The second-order valence-corrected chi connectivity index (χ2v) is 5.45. The number of likely N-dealkylation sites (N-methyl/N-ethyl adjacent to an activating group) is 1. The van der Waals surface area contributed by atoms with E-state index in [1.54, 1.807) is 12.3 Å². The van der Waals surface area contributed by atoms with Crippen molar-refractivity contribution in [1.29, 1.82) is 0 Å². The van der Waals surface area contributed by atoms with E-state index in [1.807, 2.05) is 32.2 Å². The summed E-state index contributed by atoms with van der Waals surface area (Å²) in [6.07, 6.45) is 2.42. The smallest absolute Gasteiger partial charge is 0.128 e. The minimum absolute atomic E-state index is 0.0754. The molecule has 0 aliphatic carbocycles. The highest BCUT2D eigenvalue weighted by Gasteiger charge is 2.15. The molecule has 1 N–H and O–H groups in total. The molecule has 0 saturated heterocycles. The van der Waals surface area contributed by atoms with Crippen LogP contribution in [0.15, 0.2) is 41.0 Å². The molecule has 0 bridgehead atoms. The zero-order valence-corrected chi connectivity index (χ0v) is 12.5. The third kappa shape index (κ3) is 3.61. The highest BCUT2D eigenvalue weighted by atomic mass is 79.9. The number of aromatic nitrogens is 1. The average molecular weight is 323 g/mol. The van der Waals surface area contributed by atoms with Gasteiger partial charge in [-0.1, -0.05) is 17.7 Å². The fourth-order valence-electron chi connectivity index (χ4n) is 2.03. The van der Waals surface area contributed by atoms with Gasteiger partial charge in [0.15, 0.2) is 0 Å². The maximum Gasteiger partial charge on any atom is 0.128 e. The van der Waals surface area contributed by atoms with Gasteiger partial charge in [0.25, 0.3) is 0 Å². The summed E-state index contributed by atoms with van der Waals surface area (Å²) in [7, 11) is 1.84. The van der Waals surface area contributed by atoms with E-state index in [0.29, 0.717) is 12.0 Å². The summed E-state index contributed by atoms with van der Waals surface area (Å²) in [4.78, 5) is 4.33. The Kier molecular flexibility index (Phi) is 4.66. The van der Waals surface area contributed by atoms with Gasteiger partial charge in [-0.25, -0.2) is 4.39 Å². The minimum atomic E-state index is -0.179. The van der Waals surface area contributed by atoms with Crippen LogP contribution in [0, 0.1) is 12.7 Å². The molecule has 2 nitrogen and oxygen atoms in total. The second-order valence-electron chi connectivity index (χ2n) is 4.54. The topological polar surface area (TPSA) is 24.9 Å². The Hall–Kier alpha value is -1.26. The molecule has 4 heteroatoms. The molecule has 0 aliphatic rings. The van der Waals surface area contributed by atoms with E-state index in [-0.39, 0.29) is 11.9 Å². The van der Waals surface area contributed by atoms with Gasteiger partial charge < -0.3 is 5.32 Å². The van der Waals surface area contributed by atoms with E-state index >= 15 is 0 Å². The van der Waals surface area contributed by atoms with Crippen LogP contribution in [0.3, 0.4) is 0 Å². The van der Waals surface area contributed by atoms with Crippen molar-refractivity contribution < 1.29 is 4.39 Å². The monoisotopic (exact) mass is 322 g/mol. The Morgan fingerprint density at radius 3 is 2.74 bits per heavy atom. The van der Waals surface area contributed by atoms with Gasteiger partial charge in [-0.05, 0) is 48.1 Å². The third-order valence-electron chi connectivity index (χ3n) is 3.08. The highest BCUT2D eigenvalue weighted by molar-refractivity contribution is 9.10. The third-order valence-corrected chi connectivity index (χ3v) is 3.55. The van der Waals surface area contributed by atoms with Gasteiger partial charge in [0.05, 0.1) is 0 Å². The average Bonchev–Trinajstić information content (AvgIpc) is 2.41. The van der Waals surface area contributed by atoms with Gasteiger partial charge in [0.1, 0.15) is 5.82 Å². The molecule has 2 aromatic rings. The summed E-state index contributed by atoms with van der Waals surface area (Å²) >= 11 is 3.36. The number of pyridine rings is 1. The molecule has 0 radical (unpaired) electrons. The molecule has 2 rings (SSSR count). The Morgan fingerprint density at radius 1 is 1.32 bits per heavy atom. The maximum absolute atomic E-state index is 13.9. The zero-order valence-electron chi connectivity index (χ0n) is 11.0. The summed E-state index contributed by atoms with van der Waals surface area (Å²) in [6, 6.07) is 9.00. The molecule has 100 valence electrons. The minimum Gasteiger partial charge on any atom is -0.313 e. The molecular formula is C15H16BrFN2. The van der Waals surface area contributed by atoms with E-state index in [1.165, 1.54) is 6.07 Å². The first-order valence-corrected chi connectivity index (χ1v) is 6.93. The number of nitrogens with zero attached hydrogens (tertiary/aromatic N) is 1. The first kappa shape index (κ1) is 14.2. The summed E-state index contributed by atoms with van der Waals surface area (Å²) in [5, 5.41) is 3.16. The quantitative estimate of drug-likeness (QED) is 0.926. The van der Waals surface area contributed by atoms with Gasteiger partial charge in [0.2, 0.25) is 0 Å². The predicted octanol–water partition coefficient (Wildman–Crippen LogP) is 3.79. The van der Waals surface area contributed by atoms with E-state index in [2.05, 4.69) is 26.2 Å². The summed E-state index contributed by atoms with van der Waals surface area (Å²) in [5.74, 6) is -0.179. The number of rotatable bonds is 4. The first-order chi connectivity index (χ1) is 9.10. The molecule has 1 heterocycles. The Morgan fingerprint density at radius 2 is 2.11 bits per heavy atom. The highest BCUT2D eigenvalue weighted by Crippen LogP contribution is 2.22. The van der Waals surface area contributed by atoms with Crippen molar-refractivity contribution in [3.05, 3.63) is 63.6 Å². The standard InChI is InChI=1S/C15H16BrFN2/c1-10-3-6-14(17)13(7-10)15(18-2)8-12-5-4-11(16)9-19-12/h3-7,9,15,18H,8H2,1-2H3. The molecule has 1 aromatic heterocycles. The zero-order chi connectivity index (χ0) is 13.8. The molecule has 1 aromatic carbocycles. The normalized spacial score (nSPS) is 12.4. The molecule has 19 heavy (non-hydrogen) atoms. The van der Waals surface area contributed by atoms with Crippen LogP contribution in [0.2, 0.25) is 0 Å². The Labute approximate surface area is 121 Å². The van der Waals surface area contributed by atoms with E-state index in [0.717, 1.165) is 15.7 Å². The van der Waals surface area contributed by atoms with Crippen molar-refractivity contribution in [2.24, 2.45) is 0 Å². The number of benzene rings is 1. The number of halogens is 2. The van der Waals surface area contributed by atoms with Crippen molar-refractivity contribution >= 4 is 15.9 Å². The SMILES string of the molecule is CNC(Cc1ccc(Br)cn1)c1cc(C)ccc1F. The van der Waals surface area contributed by atoms with Crippen LogP contribution >= 0.6 is 15.9 Å². The van der Waals surface area contributed by atoms with Crippen molar-refractivity contribution in [3.8, 4) is 0 Å².